The van der Waals surface area contributed by atoms with Crippen LogP contribution in [0.15, 0.2) is 18.5 Å². The van der Waals surface area contributed by atoms with E-state index in [4.69, 9.17) is 4.74 Å². The van der Waals surface area contributed by atoms with Crippen molar-refractivity contribution in [2.24, 2.45) is 5.92 Å². The second-order valence-electron chi connectivity index (χ2n) is 6.84. The molecule has 21 heavy (non-hydrogen) atoms. The van der Waals surface area contributed by atoms with Crippen molar-refractivity contribution in [1.29, 1.82) is 0 Å². The van der Waals surface area contributed by atoms with E-state index in [2.05, 4.69) is 20.2 Å². The van der Waals surface area contributed by atoms with Crippen molar-refractivity contribution in [2.75, 3.05) is 31.6 Å². The van der Waals surface area contributed by atoms with E-state index in [0.29, 0.717) is 5.92 Å². The van der Waals surface area contributed by atoms with Crippen LogP contribution in [0.4, 0.5) is 5.95 Å². The van der Waals surface area contributed by atoms with Crippen LogP contribution in [0.1, 0.15) is 32.1 Å². The molecule has 114 valence electrons. The molecule has 1 aliphatic carbocycles. The molecule has 0 aromatic carbocycles. The molecule has 3 aliphatic rings. The minimum atomic E-state index is 0.190. The zero-order chi connectivity index (χ0) is 14.1. The van der Waals surface area contributed by atoms with E-state index in [1.54, 1.807) is 12.4 Å². The second kappa shape index (κ2) is 5.54. The quantitative estimate of drug-likeness (QED) is 0.917. The maximum atomic E-state index is 6.23. The van der Waals surface area contributed by atoms with E-state index in [-0.39, 0.29) is 5.60 Å². The van der Waals surface area contributed by atoms with Crippen molar-refractivity contribution >= 4 is 5.95 Å². The van der Waals surface area contributed by atoms with Gasteiger partial charge in [0.1, 0.15) is 0 Å². The third-order valence-electron chi connectivity index (χ3n) is 5.32. The molecule has 2 saturated heterocycles. The van der Waals surface area contributed by atoms with Gasteiger partial charge in [0, 0.05) is 38.1 Å². The molecule has 5 nitrogen and oxygen atoms in total. The lowest BCUT2D eigenvalue weighted by Crippen LogP contribution is -2.68. The van der Waals surface area contributed by atoms with Crippen LogP contribution in [0.2, 0.25) is 0 Å². The largest absolute Gasteiger partial charge is 0.372 e. The Labute approximate surface area is 126 Å². The summed E-state index contributed by atoms with van der Waals surface area (Å²) in [4.78, 5) is 11.0. The summed E-state index contributed by atoms with van der Waals surface area (Å²) < 4.78 is 6.23. The summed E-state index contributed by atoms with van der Waals surface area (Å²) >= 11 is 0. The van der Waals surface area contributed by atoms with Gasteiger partial charge < -0.3 is 10.1 Å². The maximum absolute atomic E-state index is 6.23. The van der Waals surface area contributed by atoms with Crippen LogP contribution in [0.3, 0.4) is 0 Å². The van der Waals surface area contributed by atoms with Crippen LogP contribution in [0, 0.1) is 5.92 Å². The molecule has 0 radical (unpaired) electrons. The Balaban J connectivity index is 1.20. The number of rotatable bonds is 4. The van der Waals surface area contributed by atoms with Gasteiger partial charge in [-0.2, -0.15) is 0 Å². The van der Waals surface area contributed by atoms with Crippen LogP contribution in [0.25, 0.3) is 0 Å². The van der Waals surface area contributed by atoms with Crippen LogP contribution in [-0.4, -0.2) is 52.8 Å². The lowest BCUT2D eigenvalue weighted by atomic mass is 9.79. The molecule has 1 aromatic heterocycles. The molecule has 1 saturated carbocycles. The predicted molar refractivity (Wildman–Crippen MR) is 81.1 cm³/mol. The highest BCUT2D eigenvalue weighted by atomic mass is 16.5. The Morgan fingerprint density at radius 3 is 2.67 bits per heavy atom. The number of ether oxygens (including phenoxy) is 1. The van der Waals surface area contributed by atoms with Crippen molar-refractivity contribution in [3.63, 3.8) is 0 Å². The van der Waals surface area contributed by atoms with E-state index in [1.807, 2.05) is 6.07 Å². The first-order chi connectivity index (χ1) is 10.3. The van der Waals surface area contributed by atoms with Gasteiger partial charge >= 0.3 is 0 Å². The average Bonchev–Trinajstić information content (AvgIpc) is 2.44. The van der Waals surface area contributed by atoms with Crippen molar-refractivity contribution < 1.29 is 4.74 Å². The van der Waals surface area contributed by atoms with Crippen molar-refractivity contribution in [2.45, 2.75) is 43.7 Å². The first-order valence-corrected chi connectivity index (χ1v) is 8.22. The lowest BCUT2D eigenvalue weighted by molar-refractivity contribution is -0.193. The Hall–Kier alpha value is -1.20. The zero-order valence-corrected chi connectivity index (χ0v) is 12.5. The molecule has 3 heterocycles. The topological polar surface area (TPSA) is 50.3 Å². The molecular formula is C16H24N4O. The predicted octanol–water partition coefficient (Wildman–Crippen LogP) is 1.92. The SMILES string of the molecule is c1cnc(NCC2CCC3(CN(C4CCC4)C3)OC2)nc1. The van der Waals surface area contributed by atoms with Crippen molar-refractivity contribution in [1.82, 2.24) is 14.9 Å². The second-order valence-corrected chi connectivity index (χ2v) is 6.84. The van der Waals surface area contributed by atoms with Gasteiger partial charge in [0.25, 0.3) is 0 Å². The smallest absolute Gasteiger partial charge is 0.222 e. The Kier molecular flexibility index (Phi) is 3.55. The number of aromatic nitrogens is 2. The average molecular weight is 288 g/mol. The number of hydrogen-bond donors (Lipinski definition) is 1. The molecular weight excluding hydrogens is 264 g/mol. The molecule has 1 N–H and O–H groups in total. The molecule has 1 unspecified atom stereocenters. The van der Waals surface area contributed by atoms with Gasteiger partial charge in [-0.3, -0.25) is 4.90 Å². The number of anilines is 1. The van der Waals surface area contributed by atoms with Gasteiger partial charge in [-0.25, -0.2) is 9.97 Å². The summed E-state index contributed by atoms with van der Waals surface area (Å²) in [6.45, 7) is 4.12. The highest BCUT2D eigenvalue weighted by Crippen LogP contribution is 2.40. The fraction of sp³-hybridized carbons (Fsp3) is 0.750. The molecule has 1 atom stereocenters. The summed E-state index contributed by atoms with van der Waals surface area (Å²) in [5, 5.41) is 3.31. The number of nitrogens with zero attached hydrogens (tertiary/aromatic N) is 3. The first-order valence-electron chi connectivity index (χ1n) is 8.22. The van der Waals surface area contributed by atoms with E-state index < -0.39 is 0 Å². The number of nitrogens with one attached hydrogen (secondary N) is 1. The molecule has 4 rings (SSSR count). The van der Waals surface area contributed by atoms with Gasteiger partial charge in [0.05, 0.1) is 12.2 Å². The highest BCUT2D eigenvalue weighted by Gasteiger charge is 2.49. The maximum Gasteiger partial charge on any atom is 0.222 e. The zero-order valence-electron chi connectivity index (χ0n) is 12.5. The van der Waals surface area contributed by atoms with Gasteiger partial charge in [0.2, 0.25) is 5.95 Å². The van der Waals surface area contributed by atoms with E-state index in [0.717, 1.165) is 25.1 Å². The van der Waals surface area contributed by atoms with Crippen LogP contribution < -0.4 is 5.32 Å². The normalized spacial score (nSPS) is 28.9. The monoisotopic (exact) mass is 288 g/mol. The van der Waals surface area contributed by atoms with E-state index in [1.165, 1.54) is 45.2 Å². The molecule has 0 bridgehead atoms. The summed E-state index contributed by atoms with van der Waals surface area (Å²) in [7, 11) is 0. The molecule has 0 amide bonds. The fourth-order valence-electron chi connectivity index (χ4n) is 3.66. The first kappa shape index (κ1) is 13.5. The van der Waals surface area contributed by atoms with Gasteiger partial charge in [0.15, 0.2) is 0 Å². The summed E-state index contributed by atoms with van der Waals surface area (Å²) in [6, 6.07) is 2.71. The van der Waals surface area contributed by atoms with E-state index >= 15 is 0 Å². The summed E-state index contributed by atoms with van der Waals surface area (Å²) in [5.41, 5.74) is 0.190. The van der Waals surface area contributed by atoms with Gasteiger partial charge in [-0.05, 0) is 37.7 Å². The summed E-state index contributed by atoms with van der Waals surface area (Å²) in [6.07, 6.45) is 10.2. The Bertz CT molecular complexity index is 460. The van der Waals surface area contributed by atoms with Gasteiger partial charge in [-0.15, -0.1) is 0 Å². The van der Waals surface area contributed by atoms with Crippen LogP contribution >= 0.6 is 0 Å². The summed E-state index contributed by atoms with van der Waals surface area (Å²) in [5.74, 6) is 1.30. The van der Waals surface area contributed by atoms with Crippen LogP contribution in [0.5, 0.6) is 0 Å². The molecule has 5 heteroatoms. The minimum Gasteiger partial charge on any atom is -0.372 e. The third-order valence-corrected chi connectivity index (χ3v) is 5.32. The highest BCUT2D eigenvalue weighted by molar-refractivity contribution is 5.22. The molecule has 2 aliphatic heterocycles. The number of hydrogen-bond acceptors (Lipinski definition) is 5. The van der Waals surface area contributed by atoms with Crippen molar-refractivity contribution in [3.8, 4) is 0 Å². The standard InChI is InChI=1S/C16H24N4O/c1-3-14(4-1)20-11-16(12-20)6-5-13(10-21-16)9-19-15-17-7-2-8-18-15/h2,7-8,13-14H,1,3-6,9-12H2,(H,17,18,19). The van der Waals surface area contributed by atoms with E-state index in [9.17, 15) is 0 Å². The lowest BCUT2D eigenvalue weighted by Gasteiger charge is -2.57. The molecule has 3 fully saturated rings. The molecule has 1 aromatic rings. The minimum absolute atomic E-state index is 0.190. The fourth-order valence-corrected chi connectivity index (χ4v) is 3.66. The number of likely N-dealkylation sites (tertiary alicyclic amines) is 1. The Morgan fingerprint density at radius 1 is 1.24 bits per heavy atom. The van der Waals surface area contributed by atoms with Crippen LogP contribution in [-0.2, 0) is 4.74 Å². The third kappa shape index (κ3) is 2.77. The Morgan fingerprint density at radius 2 is 2.05 bits per heavy atom. The van der Waals surface area contributed by atoms with Gasteiger partial charge in [-0.1, -0.05) is 6.42 Å². The molecule has 1 spiro atoms. The van der Waals surface area contributed by atoms with Crippen molar-refractivity contribution in [3.05, 3.63) is 18.5 Å².